The predicted octanol–water partition coefficient (Wildman–Crippen LogP) is 2.95. The summed E-state index contributed by atoms with van der Waals surface area (Å²) in [5, 5.41) is 9.07. The summed E-state index contributed by atoms with van der Waals surface area (Å²) in [6, 6.07) is 7.90. The Morgan fingerprint density at radius 2 is 2.11 bits per heavy atom. The number of para-hydroxylation sites is 1. The SMILES string of the molecule is Cc1c(-c2cccc3c2OCCO3)sc(C#N)c1N. The van der Waals surface area contributed by atoms with Crippen LogP contribution in [-0.2, 0) is 0 Å². The molecule has 0 radical (unpaired) electrons. The highest BCUT2D eigenvalue weighted by Gasteiger charge is 2.21. The molecule has 5 heteroatoms. The molecule has 0 fully saturated rings. The first-order valence-electron chi connectivity index (χ1n) is 5.90. The summed E-state index contributed by atoms with van der Waals surface area (Å²) in [4.78, 5) is 1.51. The van der Waals surface area contributed by atoms with Crippen LogP contribution in [0.15, 0.2) is 18.2 Å². The van der Waals surface area contributed by atoms with Crippen molar-refractivity contribution >= 4 is 17.0 Å². The second-order valence-electron chi connectivity index (χ2n) is 4.24. The molecule has 2 N–H and O–H groups in total. The lowest BCUT2D eigenvalue weighted by molar-refractivity contribution is 0.172. The number of hydrogen-bond acceptors (Lipinski definition) is 5. The highest BCUT2D eigenvalue weighted by molar-refractivity contribution is 7.16. The first-order chi connectivity index (χ1) is 9.22. The van der Waals surface area contributed by atoms with Crippen molar-refractivity contribution in [2.45, 2.75) is 6.92 Å². The summed E-state index contributed by atoms with van der Waals surface area (Å²) in [6.45, 7) is 3.02. The van der Waals surface area contributed by atoms with Crippen molar-refractivity contribution in [2.75, 3.05) is 18.9 Å². The van der Waals surface area contributed by atoms with Gasteiger partial charge < -0.3 is 15.2 Å². The van der Waals surface area contributed by atoms with Gasteiger partial charge in [0.25, 0.3) is 0 Å². The summed E-state index contributed by atoms with van der Waals surface area (Å²) >= 11 is 1.39. The largest absolute Gasteiger partial charge is 0.486 e. The molecule has 0 unspecified atom stereocenters. The van der Waals surface area contributed by atoms with Crippen LogP contribution in [0.3, 0.4) is 0 Å². The number of nitrogens with two attached hydrogens (primary N) is 1. The summed E-state index contributed by atoms with van der Waals surface area (Å²) in [7, 11) is 0. The maximum Gasteiger partial charge on any atom is 0.169 e. The standard InChI is InChI=1S/C14H12N2O2S/c1-8-12(16)11(7-15)19-14(8)9-3-2-4-10-13(9)18-6-5-17-10/h2-4H,5-6,16H2,1H3. The topological polar surface area (TPSA) is 68.3 Å². The number of hydrogen-bond donors (Lipinski definition) is 1. The van der Waals surface area contributed by atoms with Gasteiger partial charge in [-0.25, -0.2) is 0 Å². The van der Waals surface area contributed by atoms with Crippen molar-refractivity contribution < 1.29 is 9.47 Å². The zero-order valence-corrected chi connectivity index (χ0v) is 11.2. The molecule has 0 saturated carbocycles. The average molecular weight is 272 g/mol. The van der Waals surface area contributed by atoms with Gasteiger partial charge in [-0.05, 0) is 24.6 Å². The fourth-order valence-corrected chi connectivity index (χ4v) is 3.17. The zero-order valence-electron chi connectivity index (χ0n) is 10.4. The van der Waals surface area contributed by atoms with E-state index in [1.165, 1.54) is 11.3 Å². The van der Waals surface area contributed by atoms with E-state index >= 15 is 0 Å². The highest BCUT2D eigenvalue weighted by atomic mass is 32.1. The van der Waals surface area contributed by atoms with E-state index in [9.17, 15) is 0 Å². The van der Waals surface area contributed by atoms with Crippen molar-refractivity contribution in [2.24, 2.45) is 0 Å². The van der Waals surface area contributed by atoms with Crippen LogP contribution in [0.25, 0.3) is 10.4 Å². The molecule has 96 valence electrons. The Hall–Kier alpha value is -2.19. The molecule has 0 amide bonds. The third kappa shape index (κ3) is 1.81. The molecule has 1 aliphatic rings. The predicted molar refractivity (Wildman–Crippen MR) is 74.6 cm³/mol. The maximum atomic E-state index is 9.07. The van der Waals surface area contributed by atoms with Gasteiger partial charge in [-0.3, -0.25) is 0 Å². The van der Waals surface area contributed by atoms with Crippen LogP contribution in [0.4, 0.5) is 5.69 Å². The number of benzene rings is 1. The summed E-state index contributed by atoms with van der Waals surface area (Å²) in [5.41, 5.74) is 8.35. The van der Waals surface area contributed by atoms with Crippen LogP contribution in [0.5, 0.6) is 11.5 Å². The lowest BCUT2D eigenvalue weighted by Crippen LogP contribution is -2.15. The van der Waals surface area contributed by atoms with Gasteiger partial charge in [-0.15, -0.1) is 11.3 Å². The van der Waals surface area contributed by atoms with E-state index in [2.05, 4.69) is 6.07 Å². The third-order valence-corrected chi connectivity index (χ3v) is 4.35. The molecular formula is C14H12N2O2S. The highest BCUT2D eigenvalue weighted by Crippen LogP contribution is 2.45. The van der Waals surface area contributed by atoms with Crippen LogP contribution in [0.2, 0.25) is 0 Å². The fourth-order valence-electron chi connectivity index (χ4n) is 2.12. The molecule has 4 nitrogen and oxygen atoms in total. The number of thiophene rings is 1. The van der Waals surface area contributed by atoms with Crippen molar-refractivity contribution in [3.63, 3.8) is 0 Å². The van der Waals surface area contributed by atoms with Gasteiger partial charge >= 0.3 is 0 Å². The normalized spacial score (nSPS) is 13.1. The van der Waals surface area contributed by atoms with Crippen LogP contribution in [0, 0.1) is 18.3 Å². The van der Waals surface area contributed by atoms with E-state index in [-0.39, 0.29) is 0 Å². The van der Waals surface area contributed by atoms with Crippen molar-refractivity contribution in [1.29, 1.82) is 5.26 Å². The Morgan fingerprint density at radius 1 is 1.32 bits per heavy atom. The maximum absolute atomic E-state index is 9.07. The van der Waals surface area contributed by atoms with Crippen molar-refractivity contribution in [3.8, 4) is 28.0 Å². The van der Waals surface area contributed by atoms with Crippen LogP contribution < -0.4 is 15.2 Å². The minimum Gasteiger partial charge on any atom is -0.486 e. The Labute approximate surface area is 115 Å². The first kappa shape index (κ1) is 11.9. The third-order valence-electron chi connectivity index (χ3n) is 3.11. The Morgan fingerprint density at radius 3 is 2.84 bits per heavy atom. The Bertz CT molecular complexity index is 685. The number of rotatable bonds is 1. The summed E-state index contributed by atoms with van der Waals surface area (Å²) in [5.74, 6) is 1.48. The van der Waals surface area contributed by atoms with E-state index in [1.54, 1.807) is 0 Å². The molecule has 2 heterocycles. The van der Waals surface area contributed by atoms with E-state index < -0.39 is 0 Å². The van der Waals surface area contributed by atoms with Crippen molar-refractivity contribution in [1.82, 2.24) is 0 Å². The van der Waals surface area contributed by atoms with E-state index in [0.717, 1.165) is 27.5 Å². The molecule has 0 atom stereocenters. The van der Waals surface area contributed by atoms with E-state index in [4.69, 9.17) is 20.5 Å². The summed E-state index contributed by atoms with van der Waals surface area (Å²) in [6.07, 6.45) is 0. The molecule has 0 saturated heterocycles. The molecule has 19 heavy (non-hydrogen) atoms. The molecule has 1 aliphatic heterocycles. The second-order valence-corrected chi connectivity index (χ2v) is 5.26. The van der Waals surface area contributed by atoms with Crippen molar-refractivity contribution in [3.05, 3.63) is 28.6 Å². The van der Waals surface area contributed by atoms with Crippen LogP contribution in [0.1, 0.15) is 10.4 Å². The van der Waals surface area contributed by atoms with Gasteiger partial charge in [0.15, 0.2) is 11.5 Å². The minimum absolute atomic E-state index is 0.537. The summed E-state index contributed by atoms with van der Waals surface area (Å²) < 4.78 is 11.3. The number of fused-ring (bicyclic) bond motifs is 1. The molecule has 3 rings (SSSR count). The fraction of sp³-hybridized carbons (Fsp3) is 0.214. The van der Waals surface area contributed by atoms with Gasteiger partial charge in [-0.2, -0.15) is 5.26 Å². The second kappa shape index (κ2) is 4.48. The monoisotopic (exact) mass is 272 g/mol. The number of nitrogens with zero attached hydrogens (tertiary/aromatic N) is 1. The number of ether oxygens (including phenoxy) is 2. The number of anilines is 1. The minimum atomic E-state index is 0.537. The Kier molecular flexibility index (Phi) is 2.80. The van der Waals surface area contributed by atoms with Gasteiger partial charge in [0.1, 0.15) is 24.2 Å². The van der Waals surface area contributed by atoms with E-state index in [0.29, 0.717) is 23.8 Å². The van der Waals surface area contributed by atoms with E-state index in [1.807, 2.05) is 25.1 Å². The quantitative estimate of drug-likeness (QED) is 0.866. The van der Waals surface area contributed by atoms with Gasteiger partial charge in [0, 0.05) is 10.4 Å². The Balaban J connectivity index is 2.21. The van der Waals surface area contributed by atoms with Gasteiger partial charge in [0.2, 0.25) is 0 Å². The molecule has 0 aliphatic carbocycles. The molecule has 0 bridgehead atoms. The zero-order chi connectivity index (χ0) is 13.4. The average Bonchev–Trinajstić information content (AvgIpc) is 2.74. The molecular weight excluding hydrogens is 260 g/mol. The lowest BCUT2D eigenvalue weighted by atomic mass is 10.1. The smallest absolute Gasteiger partial charge is 0.169 e. The lowest BCUT2D eigenvalue weighted by Gasteiger charge is -2.20. The van der Waals surface area contributed by atoms with Crippen LogP contribution >= 0.6 is 11.3 Å². The number of nitriles is 1. The molecule has 0 spiro atoms. The number of nitrogen functional groups attached to an aromatic ring is 1. The molecule has 2 aromatic rings. The molecule has 1 aromatic heterocycles. The first-order valence-corrected chi connectivity index (χ1v) is 6.72. The van der Waals surface area contributed by atoms with Crippen LogP contribution in [-0.4, -0.2) is 13.2 Å². The van der Waals surface area contributed by atoms with Gasteiger partial charge in [0.05, 0.1) is 5.69 Å². The van der Waals surface area contributed by atoms with Gasteiger partial charge in [-0.1, -0.05) is 6.07 Å². The molecule has 1 aromatic carbocycles.